The van der Waals surface area contributed by atoms with Gasteiger partial charge in [0.25, 0.3) is 5.24 Å². The number of halogens is 2. The maximum absolute atomic E-state index is 13.4. The van der Waals surface area contributed by atoms with Crippen LogP contribution in [0.2, 0.25) is 0 Å². The minimum atomic E-state index is -0.304. The van der Waals surface area contributed by atoms with Crippen LogP contribution < -0.4 is 5.32 Å². The normalized spacial score (nSPS) is 21.3. The molecule has 1 aromatic rings. The van der Waals surface area contributed by atoms with E-state index in [4.69, 9.17) is 0 Å². The molecule has 0 radical (unpaired) electrons. The molecule has 0 aliphatic carbocycles. The predicted octanol–water partition coefficient (Wildman–Crippen LogP) is 1.89. The number of hydrogen-bond acceptors (Lipinski definition) is 4. The van der Waals surface area contributed by atoms with Gasteiger partial charge in [-0.2, -0.15) is 0 Å². The van der Waals surface area contributed by atoms with Crippen LogP contribution in [0.3, 0.4) is 0 Å². The van der Waals surface area contributed by atoms with E-state index >= 15 is 0 Å². The van der Waals surface area contributed by atoms with Crippen molar-refractivity contribution in [1.82, 2.24) is 15.1 Å². The molecule has 23 heavy (non-hydrogen) atoms. The fourth-order valence-electron chi connectivity index (χ4n) is 2.84. The second-order valence-corrected chi connectivity index (χ2v) is 6.44. The predicted molar refractivity (Wildman–Crippen MR) is 90.4 cm³/mol. The van der Waals surface area contributed by atoms with E-state index in [9.17, 15) is 14.0 Å². The summed E-state index contributed by atoms with van der Waals surface area (Å²) < 4.78 is 13.4. The molecule has 0 bridgehead atoms. The van der Waals surface area contributed by atoms with Crippen molar-refractivity contribution in [2.45, 2.75) is 6.04 Å². The Kier molecular flexibility index (Phi) is 6.26. The van der Waals surface area contributed by atoms with Gasteiger partial charge in [0.1, 0.15) is 12.4 Å². The monoisotopic (exact) mass is 359 g/mol. The molecule has 1 aromatic carbocycles. The molecule has 2 fully saturated rings. The molecule has 0 saturated carbocycles. The van der Waals surface area contributed by atoms with Crippen molar-refractivity contribution >= 4 is 35.3 Å². The number of rotatable bonds is 3. The van der Waals surface area contributed by atoms with Gasteiger partial charge in [0.05, 0.1) is 6.04 Å². The quantitative estimate of drug-likeness (QED) is 0.895. The van der Waals surface area contributed by atoms with Crippen molar-refractivity contribution in [3.05, 3.63) is 35.6 Å². The SMILES string of the molecule is Cl.O=C1SCCN1CC(=O)N1CCNCC1c1cccc(F)c1. The molecular weight excluding hydrogens is 341 g/mol. The molecule has 1 N–H and O–H groups in total. The van der Waals surface area contributed by atoms with Crippen LogP contribution in [0.5, 0.6) is 0 Å². The number of nitrogens with one attached hydrogen (secondary N) is 1. The lowest BCUT2D eigenvalue weighted by Gasteiger charge is -2.37. The maximum atomic E-state index is 13.4. The lowest BCUT2D eigenvalue weighted by atomic mass is 10.0. The van der Waals surface area contributed by atoms with Gasteiger partial charge in [-0.1, -0.05) is 23.9 Å². The van der Waals surface area contributed by atoms with Gasteiger partial charge in [0.15, 0.2) is 0 Å². The van der Waals surface area contributed by atoms with Crippen molar-refractivity contribution in [1.29, 1.82) is 0 Å². The molecule has 0 spiro atoms. The van der Waals surface area contributed by atoms with Crippen molar-refractivity contribution < 1.29 is 14.0 Å². The molecule has 1 atom stereocenters. The van der Waals surface area contributed by atoms with Gasteiger partial charge in [-0.05, 0) is 17.7 Å². The summed E-state index contributed by atoms with van der Waals surface area (Å²) in [4.78, 5) is 27.5. The lowest BCUT2D eigenvalue weighted by molar-refractivity contribution is -0.135. The Morgan fingerprint density at radius 2 is 2.22 bits per heavy atom. The Morgan fingerprint density at radius 3 is 2.91 bits per heavy atom. The Bertz CT molecular complexity index is 590. The molecule has 0 aromatic heterocycles. The lowest BCUT2D eigenvalue weighted by Crippen LogP contribution is -2.51. The first-order valence-corrected chi connectivity index (χ1v) is 8.31. The van der Waals surface area contributed by atoms with Gasteiger partial charge in [-0.25, -0.2) is 4.39 Å². The highest BCUT2D eigenvalue weighted by molar-refractivity contribution is 8.13. The molecular formula is C15H19ClFN3O2S. The smallest absolute Gasteiger partial charge is 0.282 e. The fourth-order valence-corrected chi connectivity index (χ4v) is 3.66. The van der Waals surface area contributed by atoms with Gasteiger partial charge in [-0.3, -0.25) is 9.59 Å². The number of thioether (sulfide) groups is 1. The maximum Gasteiger partial charge on any atom is 0.282 e. The molecule has 5 nitrogen and oxygen atoms in total. The summed E-state index contributed by atoms with van der Waals surface area (Å²) in [6, 6.07) is 6.16. The van der Waals surface area contributed by atoms with Crippen LogP contribution in [0.1, 0.15) is 11.6 Å². The van der Waals surface area contributed by atoms with Crippen LogP contribution >= 0.6 is 24.2 Å². The van der Waals surface area contributed by atoms with Crippen LogP contribution in [-0.2, 0) is 4.79 Å². The summed E-state index contributed by atoms with van der Waals surface area (Å²) in [5.41, 5.74) is 0.780. The molecule has 3 rings (SSSR count). The Hall–Kier alpha value is -1.31. The first kappa shape index (κ1) is 18.0. The van der Waals surface area contributed by atoms with Crippen molar-refractivity contribution in [2.24, 2.45) is 0 Å². The standard InChI is InChI=1S/C15H18FN3O2S.ClH/c16-12-3-1-2-11(8-12)13-9-17-4-5-19(13)14(20)10-18-6-7-22-15(18)21;/h1-3,8,13,17H,4-7,9-10H2;1H. The van der Waals surface area contributed by atoms with Gasteiger partial charge >= 0.3 is 0 Å². The highest BCUT2D eigenvalue weighted by atomic mass is 35.5. The molecule has 126 valence electrons. The average Bonchev–Trinajstić information content (AvgIpc) is 2.92. The van der Waals surface area contributed by atoms with Crippen LogP contribution in [-0.4, -0.2) is 59.4 Å². The fraction of sp³-hybridized carbons (Fsp3) is 0.467. The van der Waals surface area contributed by atoms with Crippen LogP contribution in [0, 0.1) is 5.82 Å². The third-order valence-electron chi connectivity index (χ3n) is 3.97. The first-order chi connectivity index (χ1) is 10.6. The van der Waals surface area contributed by atoms with E-state index in [1.165, 1.54) is 23.9 Å². The third kappa shape index (κ3) is 4.16. The zero-order valence-electron chi connectivity index (χ0n) is 12.5. The average molecular weight is 360 g/mol. The van der Waals surface area contributed by atoms with Gasteiger partial charge < -0.3 is 15.1 Å². The zero-order chi connectivity index (χ0) is 15.5. The zero-order valence-corrected chi connectivity index (χ0v) is 14.2. The Balaban J connectivity index is 0.00000192. The van der Waals surface area contributed by atoms with Crippen LogP contribution in [0.25, 0.3) is 0 Å². The van der Waals surface area contributed by atoms with Gasteiger partial charge in [0, 0.05) is 31.9 Å². The number of carbonyl (C=O) groups is 2. The first-order valence-electron chi connectivity index (χ1n) is 7.32. The largest absolute Gasteiger partial charge is 0.332 e. The summed E-state index contributed by atoms with van der Waals surface area (Å²) in [6.45, 7) is 2.59. The van der Waals surface area contributed by atoms with Crippen molar-refractivity contribution in [2.75, 3.05) is 38.5 Å². The summed E-state index contributed by atoms with van der Waals surface area (Å²) in [5.74, 6) is 0.356. The minimum absolute atomic E-state index is 0. The second kappa shape index (κ2) is 7.99. The summed E-state index contributed by atoms with van der Waals surface area (Å²) in [5, 5.41) is 3.20. The van der Waals surface area contributed by atoms with Gasteiger partial charge in [-0.15, -0.1) is 12.4 Å². The van der Waals surface area contributed by atoms with E-state index in [1.807, 2.05) is 6.07 Å². The van der Waals surface area contributed by atoms with Crippen LogP contribution in [0.4, 0.5) is 9.18 Å². The molecule has 2 aliphatic rings. The molecule has 2 heterocycles. The summed E-state index contributed by atoms with van der Waals surface area (Å²) >= 11 is 1.25. The van der Waals surface area contributed by atoms with E-state index < -0.39 is 0 Å². The van der Waals surface area contributed by atoms with E-state index in [1.54, 1.807) is 15.9 Å². The number of piperazine rings is 1. The molecule has 1 unspecified atom stereocenters. The van der Waals surface area contributed by atoms with E-state index in [-0.39, 0.29) is 42.0 Å². The van der Waals surface area contributed by atoms with E-state index in [0.717, 1.165) is 11.3 Å². The highest BCUT2D eigenvalue weighted by Gasteiger charge is 2.31. The molecule has 2 aliphatic heterocycles. The van der Waals surface area contributed by atoms with E-state index in [0.29, 0.717) is 26.2 Å². The highest BCUT2D eigenvalue weighted by Crippen LogP contribution is 2.24. The van der Waals surface area contributed by atoms with Crippen LogP contribution in [0.15, 0.2) is 24.3 Å². The summed E-state index contributed by atoms with van der Waals surface area (Å²) in [7, 11) is 0. The summed E-state index contributed by atoms with van der Waals surface area (Å²) in [6.07, 6.45) is 0. The van der Waals surface area contributed by atoms with E-state index in [2.05, 4.69) is 5.32 Å². The number of amides is 2. The third-order valence-corrected chi connectivity index (χ3v) is 4.86. The van der Waals surface area contributed by atoms with Gasteiger partial charge in [0.2, 0.25) is 5.91 Å². The Labute approximate surface area is 145 Å². The molecule has 2 amide bonds. The topological polar surface area (TPSA) is 52.7 Å². The Morgan fingerprint density at radius 1 is 1.39 bits per heavy atom. The van der Waals surface area contributed by atoms with Crippen molar-refractivity contribution in [3.8, 4) is 0 Å². The molecule has 8 heteroatoms. The van der Waals surface area contributed by atoms with Crippen molar-refractivity contribution in [3.63, 3.8) is 0 Å². The molecule has 2 saturated heterocycles. The number of nitrogens with zero attached hydrogens (tertiary/aromatic N) is 2. The number of benzene rings is 1. The number of carbonyl (C=O) groups excluding carboxylic acids is 2. The number of hydrogen-bond donors (Lipinski definition) is 1. The second-order valence-electron chi connectivity index (χ2n) is 5.40. The minimum Gasteiger partial charge on any atom is -0.332 e.